The quantitative estimate of drug-likeness (QED) is 0.0551. The van der Waals surface area contributed by atoms with Crippen LogP contribution >= 0.6 is 0 Å². The number of benzene rings is 3. The van der Waals surface area contributed by atoms with Crippen molar-refractivity contribution < 1.29 is 39.2 Å². The largest absolute Gasteiger partial charge is 0.508 e. The average Bonchev–Trinajstić information content (AvgIpc) is 3.87. The van der Waals surface area contributed by atoms with Crippen molar-refractivity contribution in [2.75, 3.05) is 18.0 Å². The van der Waals surface area contributed by atoms with Crippen LogP contribution in [0.4, 0.5) is 15.3 Å². The highest BCUT2D eigenvalue weighted by Gasteiger charge is 2.45. The summed E-state index contributed by atoms with van der Waals surface area (Å²) in [4.78, 5) is 60.3. The summed E-state index contributed by atoms with van der Waals surface area (Å²) in [5.74, 6) is -0.839. The van der Waals surface area contributed by atoms with Crippen LogP contribution in [0.1, 0.15) is 92.7 Å². The van der Waals surface area contributed by atoms with Gasteiger partial charge in [0.05, 0.1) is 40.3 Å². The molecular formula is C49H51N7O9. The van der Waals surface area contributed by atoms with E-state index in [1.54, 1.807) is 46.7 Å². The number of amides is 3. The number of amidine groups is 1. The van der Waals surface area contributed by atoms with Crippen molar-refractivity contribution in [3.05, 3.63) is 111 Å². The number of anilines is 1. The van der Waals surface area contributed by atoms with E-state index in [1.807, 2.05) is 45.2 Å². The molecule has 3 aromatic carbocycles. The van der Waals surface area contributed by atoms with E-state index in [4.69, 9.17) is 25.6 Å². The fourth-order valence-electron chi connectivity index (χ4n) is 9.75. The molecule has 0 bridgehead atoms. The van der Waals surface area contributed by atoms with Crippen molar-refractivity contribution in [1.82, 2.24) is 19.0 Å². The van der Waals surface area contributed by atoms with E-state index in [0.29, 0.717) is 59.3 Å². The van der Waals surface area contributed by atoms with Gasteiger partial charge in [-0.1, -0.05) is 27.7 Å². The van der Waals surface area contributed by atoms with Crippen LogP contribution in [0.3, 0.4) is 0 Å². The number of nitrogens with one attached hydrogen (secondary N) is 1. The Labute approximate surface area is 373 Å². The third kappa shape index (κ3) is 7.31. The van der Waals surface area contributed by atoms with Gasteiger partial charge in [0.15, 0.2) is 5.60 Å². The molecule has 1 unspecified atom stereocenters. The third-order valence-corrected chi connectivity index (χ3v) is 13.5. The summed E-state index contributed by atoms with van der Waals surface area (Å²) < 4.78 is 14.9. The molecular weight excluding hydrogens is 831 g/mol. The number of aromatic hydroxyl groups is 2. The van der Waals surface area contributed by atoms with Gasteiger partial charge >= 0.3 is 18.1 Å². The highest BCUT2D eigenvalue weighted by atomic mass is 16.6. The fraction of sp³-hybridized carbons (Fsp3) is 0.347. The van der Waals surface area contributed by atoms with E-state index < -0.39 is 23.7 Å². The number of cyclic esters (lactones) is 1. The molecule has 6 aromatic rings. The number of aromatic nitrogens is 3. The zero-order valence-electron chi connectivity index (χ0n) is 36.7. The number of urea groups is 1. The van der Waals surface area contributed by atoms with Crippen LogP contribution in [-0.4, -0.2) is 71.4 Å². The van der Waals surface area contributed by atoms with Gasteiger partial charge in [0, 0.05) is 59.3 Å². The summed E-state index contributed by atoms with van der Waals surface area (Å²) in [5.41, 5.74) is 9.65. The van der Waals surface area contributed by atoms with Gasteiger partial charge in [0.2, 0.25) is 0 Å². The van der Waals surface area contributed by atoms with Crippen molar-refractivity contribution in [2.45, 2.75) is 91.0 Å². The van der Waals surface area contributed by atoms with Gasteiger partial charge in [-0.05, 0) is 110 Å². The Bertz CT molecular complexity index is 3040. The van der Waals surface area contributed by atoms with Crippen LogP contribution < -0.4 is 20.9 Å². The van der Waals surface area contributed by atoms with E-state index in [-0.39, 0.29) is 65.1 Å². The van der Waals surface area contributed by atoms with Crippen molar-refractivity contribution in [1.29, 1.82) is 5.41 Å². The topological polar surface area (TPSA) is 227 Å². The Hall–Kier alpha value is -7.20. The molecule has 16 nitrogen and oxygen atoms in total. The van der Waals surface area contributed by atoms with E-state index >= 15 is 0 Å². The molecule has 0 saturated carbocycles. The number of rotatable bonds is 9. The Morgan fingerprint density at radius 3 is 2.49 bits per heavy atom. The van der Waals surface area contributed by atoms with Gasteiger partial charge < -0.3 is 44.6 Å². The standard InChI is InChI=1S/C49H51N7O9/c1-5-31-33-20-30(8-9-38(33)52-43-35(31)24-55-40(43)22-37-36(45(55)59)25-64-46(60)49(37,63)6-2)65-48(62)54-16-12-27(13-17-54)11-15-53-18-14-28-19-29(7-10-39(28)53)56(47(51)61)44(50)34-21-32(26(3)4)41(57)23-42(34)58/h7-10,14,18-23,26-27,50,57-58,63H,5-6,11-13,15-17,24-25H2,1-4H3,(H2,51,61). The van der Waals surface area contributed by atoms with E-state index in [9.17, 15) is 34.5 Å². The number of hydrogen-bond donors (Lipinski definition) is 5. The predicted octanol–water partition coefficient (Wildman–Crippen LogP) is 7.34. The number of phenols is 2. The van der Waals surface area contributed by atoms with E-state index in [0.717, 1.165) is 58.1 Å². The van der Waals surface area contributed by atoms with Crippen LogP contribution in [-0.2, 0) is 41.2 Å². The highest BCUT2D eigenvalue weighted by molar-refractivity contribution is 6.22. The summed E-state index contributed by atoms with van der Waals surface area (Å²) in [6.45, 7) is 9.36. The number of carbonyl (C=O) groups is 3. The van der Waals surface area contributed by atoms with Crippen LogP contribution in [0.2, 0.25) is 0 Å². The number of aryl methyl sites for hydroxylation is 2. The molecule has 0 radical (unpaired) electrons. The lowest BCUT2D eigenvalue weighted by molar-refractivity contribution is -0.172. The van der Waals surface area contributed by atoms with Gasteiger partial charge in [-0.25, -0.2) is 24.3 Å². The van der Waals surface area contributed by atoms with Gasteiger partial charge in [-0.15, -0.1) is 0 Å². The number of phenolic OH excluding ortho intramolecular Hbond substituents is 2. The second-order valence-corrected chi connectivity index (χ2v) is 17.5. The number of likely N-dealkylation sites (tertiary alicyclic amines) is 1. The van der Waals surface area contributed by atoms with Crippen LogP contribution in [0.5, 0.6) is 17.2 Å². The van der Waals surface area contributed by atoms with Gasteiger partial charge in [0.1, 0.15) is 29.7 Å². The number of hydrogen-bond acceptors (Lipinski definition) is 11. The maximum Gasteiger partial charge on any atom is 0.415 e. The first-order chi connectivity index (χ1) is 31.1. The number of primary amides is 1. The molecule has 1 atom stereocenters. The Kier molecular flexibility index (Phi) is 10.9. The maximum atomic E-state index is 13.7. The second kappa shape index (κ2) is 16.4. The number of esters is 1. The number of nitrogens with zero attached hydrogens (tertiary/aromatic N) is 5. The molecule has 9 rings (SSSR count). The first-order valence-electron chi connectivity index (χ1n) is 22.0. The molecule has 6 N–H and O–H groups in total. The van der Waals surface area contributed by atoms with Gasteiger partial charge in [-0.3, -0.25) is 10.2 Å². The third-order valence-electron chi connectivity index (χ3n) is 13.5. The number of piperidine rings is 1. The number of aliphatic hydroxyl groups is 1. The fourth-order valence-corrected chi connectivity index (χ4v) is 9.75. The molecule has 3 aromatic heterocycles. The van der Waals surface area contributed by atoms with Crippen molar-refractivity contribution in [3.8, 4) is 28.6 Å². The van der Waals surface area contributed by atoms with Crippen molar-refractivity contribution in [2.24, 2.45) is 11.7 Å². The monoisotopic (exact) mass is 881 g/mol. The summed E-state index contributed by atoms with van der Waals surface area (Å²) in [7, 11) is 0. The summed E-state index contributed by atoms with van der Waals surface area (Å²) in [6, 6.07) is 16.1. The molecule has 0 aliphatic carbocycles. The Morgan fingerprint density at radius 2 is 1.78 bits per heavy atom. The zero-order valence-corrected chi connectivity index (χ0v) is 36.7. The minimum atomic E-state index is -1.91. The molecule has 0 spiro atoms. The first-order valence-corrected chi connectivity index (χ1v) is 22.0. The molecule has 3 aliphatic rings. The van der Waals surface area contributed by atoms with Crippen LogP contribution in [0.15, 0.2) is 71.7 Å². The average molecular weight is 882 g/mol. The van der Waals surface area contributed by atoms with Crippen LogP contribution in [0.25, 0.3) is 33.2 Å². The van der Waals surface area contributed by atoms with Gasteiger partial charge in [0.25, 0.3) is 5.56 Å². The summed E-state index contributed by atoms with van der Waals surface area (Å²) in [5, 5.41) is 42.7. The van der Waals surface area contributed by atoms with Crippen molar-refractivity contribution in [3.63, 3.8) is 0 Å². The van der Waals surface area contributed by atoms with Crippen molar-refractivity contribution >= 4 is 51.4 Å². The second-order valence-electron chi connectivity index (χ2n) is 17.5. The molecule has 1 saturated heterocycles. The molecule has 3 amide bonds. The number of fused-ring (bicyclic) bond motifs is 6. The maximum absolute atomic E-state index is 13.7. The number of pyridine rings is 2. The lowest BCUT2D eigenvalue weighted by Crippen LogP contribution is -2.44. The van der Waals surface area contributed by atoms with Crippen LogP contribution in [0, 0.1) is 11.3 Å². The summed E-state index contributed by atoms with van der Waals surface area (Å²) >= 11 is 0. The first kappa shape index (κ1) is 43.1. The number of carbonyl (C=O) groups excluding carboxylic acids is 3. The molecule has 65 heavy (non-hydrogen) atoms. The normalized spacial score (nSPS) is 17.0. The number of nitrogens with two attached hydrogens (primary N) is 1. The molecule has 6 heterocycles. The minimum Gasteiger partial charge on any atom is -0.508 e. The predicted molar refractivity (Wildman–Crippen MR) is 244 cm³/mol. The summed E-state index contributed by atoms with van der Waals surface area (Å²) in [6.07, 6.45) is 4.75. The lowest BCUT2D eigenvalue weighted by atomic mass is 9.86. The van der Waals surface area contributed by atoms with E-state index in [1.165, 1.54) is 12.1 Å². The molecule has 3 aliphatic heterocycles. The molecule has 336 valence electrons. The number of ether oxygens (including phenoxy) is 2. The Morgan fingerprint density at radius 1 is 1.02 bits per heavy atom. The highest BCUT2D eigenvalue weighted by Crippen LogP contribution is 2.41. The molecule has 16 heteroatoms. The smallest absolute Gasteiger partial charge is 0.415 e. The van der Waals surface area contributed by atoms with Gasteiger partial charge in [-0.2, -0.15) is 0 Å². The minimum absolute atomic E-state index is 0.0593. The SMILES string of the molecule is CCc1c2c(nc3ccc(OC(=O)N4CCC(CCn5ccc6cc(N(C(=N)c7cc(C(C)C)c(O)cc7O)C(N)=O)ccc65)CC4)cc13)-c1cc3c(c(=O)n1C2)COC(=O)C3(O)CC. The van der Waals surface area contributed by atoms with E-state index in [2.05, 4.69) is 4.57 Å². The molecule has 1 fully saturated rings. The zero-order chi connectivity index (χ0) is 46.1. The Balaban J connectivity index is 0.842. The lowest BCUT2D eigenvalue weighted by Gasteiger charge is -2.31.